The third-order valence-corrected chi connectivity index (χ3v) is 3.83. The van der Waals surface area contributed by atoms with Gasteiger partial charge in [0.2, 0.25) is 5.88 Å². The lowest BCUT2D eigenvalue weighted by molar-refractivity contribution is 0.183. The molecule has 7 heteroatoms. The molecule has 3 heterocycles. The number of methoxy groups -OCH3 is 1. The van der Waals surface area contributed by atoms with Crippen LogP contribution in [0, 0.1) is 10.7 Å². The highest BCUT2D eigenvalue weighted by atomic mass is 32.1. The minimum absolute atomic E-state index is 0.527. The summed E-state index contributed by atoms with van der Waals surface area (Å²) in [6.45, 7) is 2.57. The summed E-state index contributed by atoms with van der Waals surface area (Å²) in [5, 5.41) is 0. The molecular weight excluding hydrogens is 264 g/mol. The summed E-state index contributed by atoms with van der Waals surface area (Å²) in [4.78, 5) is 11.5. The number of hydrogen-bond acceptors (Lipinski definition) is 5. The summed E-state index contributed by atoms with van der Waals surface area (Å²) >= 11 is 5.35. The van der Waals surface area contributed by atoms with Crippen molar-refractivity contribution < 1.29 is 9.47 Å². The van der Waals surface area contributed by atoms with Crippen molar-refractivity contribution in [3.05, 3.63) is 11.1 Å². The highest BCUT2D eigenvalue weighted by molar-refractivity contribution is 7.71. The number of hydrogen-bond donors (Lipinski definition) is 1. The van der Waals surface area contributed by atoms with Gasteiger partial charge in [0.05, 0.1) is 7.11 Å². The molecule has 1 N–H and O–H groups in total. The average Bonchev–Trinajstić information content (AvgIpc) is 3.03. The van der Waals surface area contributed by atoms with E-state index in [1.165, 1.54) is 6.33 Å². The van der Waals surface area contributed by atoms with Gasteiger partial charge in [-0.3, -0.25) is 0 Å². The molecule has 0 radical (unpaired) electrons. The minimum atomic E-state index is 0.527. The van der Waals surface area contributed by atoms with Gasteiger partial charge in [0.15, 0.2) is 10.4 Å². The van der Waals surface area contributed by atoms with E-state index in [9.17, 15) is 0 Å². The molecule has 0 aliphatic carbocycles. The summed E-state index contributed by atoms with van der Waals surface area (Å²) in [6.07, 6.45) is 3.68. The molecule has 0 saturated carbocycles. The molecule has 0 spiro atoms. The van der Waals surface area contributed by atoms with Gasteiger partial charge in [0.1, 0.15) is 11.8 Å². The average molecular weight is 280 g/mol. The van der Waals surface area contributed by atoms with Crippen LogP contribution in [0.1, 0.15) is 12.8 Å². The van der Waals surface area contributed by atoms with Crippen molar-refractivity contribution in [1.82, 2.24) is 19.5 Å². The number of nitrogens with one attached hydrogen (secondary N) is 1. The fourth-order valence-electron chi connectivity index (χ4n) is 2.43. The lowest BCUT2D eigenvalue weighted by Gasteiger charge is -2.08. The number of ether oxygens (including phenoxy) is 2. The second-order valence-corrected chi connectivity index (χ2v) is 5.07. The highest BCUT2D eigenvalue weighted by Crippen LogP contribution is 2.22. The number of nitrogens with zero attached hydrogens (tertiary/aromatic N) is 3. The number of fused-ring (bicyclic) bond motifs is 1. The summed E-state index contributed by atoms with van der Waals surface area (Å²) in [5.74, 6) is 1.15. The molecule has 1 unspecified atom stereocenters. The monoisotopic (exact) mass is 280 g/mol. The molecular formula is C12H16N4O2S. The Morgan fingerprint density at radius 3 is 3.21 bits per heavy atom. The van der Waals surface area contributed by atoms with Gasteiger partial charge < -0.3 is 19.0 Å². The molecule has 2 aromatic heterocycles. The Hall–Kier alpha value is -1.47. The zero-order valence-corrected chi connectivity index (χ0v) is 11.6. The SMILES string of the molecule is COc1ncnc2c1[nH]c(=S)n2CCC1CCOC1. The molecule has 1 atom stereocenters. The molecule has 0 bridgehead atoms. The molecule has 1 aliphatic heterocycles. The number of imidazole rings is 1. The molecule has 0 aromatic carbocycles. The van der Waals surface area contributed by atoms with Crippen LogP contribution in [-0.4, -0.2) is 39.8 Å². The zero-order valence-electron chi connectivity index (χ0n) is 10.8. The summed E-state index contributed by atoms with van der Waals surface area (Å²) in [7, 11) is 1.59. The van der Waals surface area contributed by atoms with Crippen LogP contribution in [0.15, 0.2) is 6.33 Å². The lowest BCUT2D eigenvalue weighted by Crippen LogP contribution is -2.07. The number of aromatic amines is 1. The molecule has 1 saturated heterocycles. The maximum Gasteiger partial charge on any atom is 0.242 e. The van der Waals surface area contributed by atoms with Crippen LogP contribution in [0.4, 0.5) is 0 Å². The van der Waals surface area contributed by atoms with Crippen molar-refractivity contribution in [3.63, 3.8) is 0 Å². The Bertz CT molecular complexity index is 630. The van der Waals surface area contributed by atoms with Crippen LogP contribution in [-0.2, 0) is 11.3 Å². The van der Waals surface area contributed by atoms with Crippen LogP contribution < -0.4 is 4.74 Å². The standard InChI is InChI=1S/C12H16N4O2S/c1-17-11-9-10(13-7-14-11)16(12(19)15-9)4-2-8-3-5-18-6-8/h7-8H,2-6H2,1H3,(H,15,19). The van der Waals surface area contributed by atoms with Crippen molar-refractivity contribution in [1.29, 1.82) is 0 Å². The quantitative estimate of drug-likeness (QED) is 0.867. The molecule has 102 valence electrons. The zero-order chi connectivity index (χ0) is 13.2. The number of aryl methyl sites for hydroxylation is 1. The molecule has 6 nitrogen and oxygen atoms in total. The Morgan fingerprint density at radius 2 is 2.47 bits per heavy atom. The Kier molecular flexibility index (Phi) is 3.48. The lowest BCUT2D eigenvalue weighted by atomic mass is 10.1. The number of rotatable bonds is 4. The maximum absolute atomic E-state index is 5.39. The van der Waals surface area contributed by atoms with Crippen molar-refractivity contribution >= 4 is 23.4 Å². The molecule has 3 rings (SSSR count). The number of aromatic nitrogens is 4. The largest absolute Gasteiger partial charge is 0.479 e. The molecule has 0 amide bonds. The maximum atomic E-state index is 5.39. The van der Waals surface area contributed by atoms with Gasteiger partial charge in [-0.25, -0.2) is 4.98 Å². The topological polar surface area (TPSA) is 65.0 Å². The molecule has 1 aliphatic rings. The van der Waals surface area contributed by atoms with Gasteiger partial charge in [0.25, 0.3) is 0 Å². The van der Waals surface area contributed by atoms with Crippen LogP contribution in [0.2, 0.25) is 0 Å². The van der Waals surface area contributed by atoms with Gasteiger partial charge in [0, 0.05) is 19.8 Å². The van der Waals surface area contributed by atoms with Crippen LogP contribution in [0.25, 0.3) is 11.2 Å². The van der Waals surface area contributed by atoms with E-state index < -0.39 is 0 Å². The van der Waals surface area contributed by atoms with Crippen LogP contribution in [0.5, 0.6) is 5.88 Å². The fraction of sp³-hybridized carbons (Fsp3) is 0.583. The molecule has 1 fully saturated rings. The van der Waals surface area contributed by atoms with Crippen LogP contribution in [0.3, 0.4) is 0 Å². The molecule has 2 aromatic rings. The third kappa shape index (κ3) is 2.35. The summed E-state index contributed by atoms with van der Waals surface area (Å²) in [5.41, 5.74) is 1.56. The number of H-pyrrole nitrogens is 1. The van der Waals surface area contributed by atoms with Crippen molar-refractivity contribution in [2.45, 2.75) is 19.4 Å². The summed E-state index contributed by atoms with van der Waals surface area (Å²) < 4.78 is 13.3. The van der Waals surface area contributed by atoms with E-state index in [4.69, 9.17) is 21.7 Å². The van der Waals surface area contributed by atoms with E-state index in [0.717, 1.165) is 43.8 Å². The van der Waals surface area contributed by atoms with E-state index in [2.05, 4.69) is 15.0 Å². The first kappa shape index (κ1) is 12.6. The van der Waals surface area contributed by atoms with E-state index in [-0.39, 0.29) is 0 Å². The third-order valence-electron chi connectivity index (χ3n) is 3.50. The predicted octanol–water partition coefficient (Wildman–Crippen LogP) is 1.92. The van der Waals surface area contributed by atoms with E-state index in [1.807, 2.05) is 4.57 Å². The van der Waals surface area contributed by atoms with Crippen molar-refractivity contribution in [3.8, 4) is 5.88 Å². The van der Waals surface area contributed by atoms with Gasteiger partial charge in [-0.15, -0.1) is 0 Å². The Balaban J connectivity index is 1.90. The summed E-state index contributed by atoms with van der Waals surface area (Å²) in [6, 6.07) is 0. The van der Waals surface area contributed by atoms with Crippen molar-refractivity contribution in [2.75, 3.05) is 20.3 Å². The van der Waals surface area contributed by atoms with E-state index >= 15 is 0 Å². The second-order valence-electron chi connectivity index (χ2n) is 4.68. The first-order chi connectivity index (χ1) is 9.29. The first-order valence-electron chi connectivity index (χ1n) is 6.35. The predicted molar refractivity (Wildman–Crippen MR) is 72.8 cm³/mol. The van der Waals surface area contributed by atoms with Gasteiger partial charge in [-0.2, -0.15) is 4.98 Å². The van der Waals surface area contributed by atoms with Gasteiger partial charge in [-0.1, -0.05) is 0 Å². The van der Waals surface area contributed by atoms with Gasteiger partial charge >= 0.3 is 0 Å². The van der Waals surface area contributed by atoms with E-state index in [0.29, 0.717) is 16.6 Å². The minimum Gasteiger partial charge on any atom is -0.479 e. The van der Waals surface area contributed by atoms with Gasteiger partial charge in [-0.05, 0) is 31.0 Å². The van der Waals surface area contributed by atoms with E-state index in [1.54, 1.807) is 7.11 Å². The smallest absolute Gasteiger partial charge is 0.242 e. The Morgan fingerprint density at radius 1 is 1.58 bits per heavy atom. The highest BCUT2D eigenvalue weighted by Gasteiger charge is 2.17. The second kappa shape index (κ2) is 5.26. The van der Waals surface area contributed by atoms with Crippen molar-refractivity contribution in [2.24, 2.45) is 5.92 Å². The normalized spacial score (nSPS) is 19.1. The first-order valence-corrected chi connectivity index (χ1v) is 6.75. The fourth-order valence-corrected chi connectivity index (χ4v) is 2.71. The van der Waals surface area contributed by atoms with Crippen LogP contribution >= 0.6 is 12.2 Å². The molecule has 19 heavy (non-hydrogen) atoms. The Labute approximate surface area is 115 Å².